The second kappa shape index (κ2) is 5.49. The van der Waals surface area contributed by atoms with Gasteiger partial charge in [-0.1, -0.05) is 35.9 Å². The van der Waals surface area contributed by atoms with Gasteiger partial charge in [0.1, 0.15) is 0 Å². The smallest absolute Gasteiger partial charge is 0.163 e. The Morgan fingerprint density at radius 3 is 2.37 bits per heavy atom. The minimum absolute atomic E-state index is 0.328. The molecule has 0 fully saturated rings. The molecule has 0 aliphatic heterocycles. The molecule has 0 amide bonds. The zero-order chi connectivity index (χ0) is 14.0. The Labute approximate surface area is 112 Å². The van der Waals surface area contributed by atoms with Crippen molar-refractivity contribution in [1.82, 2.24) is 5.32 Å². The lowest BCUT2D eigenvalue weighted by atomic mass is 9.93. The minimum atomic E-state index is -0.817. The Balaban J connectivity index is 2.53. The van der Waals surface area contributed by atoms with E-state index in [1.165, 1.54) is 6.07 Å². The van der Waals surface area contributed by atoms with Crippen LogP contribution in [0, 0.1) is 25.5 Å². The summed E-state index contributed by atoms with van der Waals surface area (Å²) >= 11 is 0. The van der Waals surface area contributed by atoms with Crippen LogP contribution in [0.25, 0.3) is 0 Å². The molecule has 1 nitrogen and oxygen atoms in total. The molecule has 2 aromatic rings. The van der Waals surface area contributed by atoms with Gasteiger partial charge in [-0.25, -0.2) is 8.78 Å². The zero-order valence-corrected chi connectivity index (χ0v) is 11.3. The first-order chi connectivity index (χ1) is 9.04. The van der Waals surface area contributed by atoms with Gasteiger partial charge in [0, 0.05) is 5.56 Å². The predicted molar refractivity (Wildman–Crippen MR) is 73.2 cm³/mol. The van der Waals surface area contributed by atoms with Gasteiger partial charge in [-0.05, 0) is 38.1 Å². The fourth-order valence-corrected chi connectivity index (χ4v) is 2.37. The predicted octanol–water partition coefficient (Wildman–Crippen LogP) is 3.89. The van der Waals surface area contributed by atoms with Crippen LogP contribution in [-0.2, 0) is 0 Å². The van der Waals surface area contributed by atoms with Gasteiger partial charge < -0.3 is 5.32 Å². The SMILES string of the molecule is CNC(c1ccc(C)cc1C)c1cccc(F)c1F. The summed E-state index contributed by atoms with van der Waals surface area (Å²) in [6.45, 7) is 3.98. The molecule has 0 saturated heterocycles. The molecular weight excluding hydrogens is 244 g/mol. The van der Waals surface area contributed by atoms with Crippen LogP contribution in [-0.4, -0.2) is 7.05 Å². The maximum absolute atomic E-state index is 13.9. The van der Waals surface area contributed by atoms with Crippen LogP contribution in [0.1, 0.15) is 28.3 Å². The molecule has 3 heteroatoms. The molecule has 0 aromatic heterocycles. The number of rotatable bonds is 3. The monoisotopic (exact) mass is 261 g/mol. The van der Waals surface area contributed by atoms with Crippen molar-refractivity contribution in [3.63, 3.8) is 0 Å². The zero-order valence-electron chi connectivity index (χ0n) is 11.3. The second-order valence-electron chi connectivity index (χ2n) is 4.72. The first-order valence-corrected chi connectivity index (χ1v) is 6.23. The Morgan fingerprint density at radius 2 is 1.74 bits per heavy atom. The summed E-state index contributed by atoms with van der Waals surface area (Å²) in [7, 11) is 1.74. The summed E-state index contributed by atoms with van der Waals surface area (Å²) in [5, 5.41) is 3.06. The number of hydrogen-bond acceptors (Lipinski definition) is 1. The average molecular weight is 261 g/mol. The van der Waals surface area contributed by atoms with Gasteiger partial charge in [-0.2, -0.15) is 0 Å². The van der Waals surface area contributed by atoms with Crippen molar-refractivity contribution in [3.8, 4) is 0 Å². The van der Waals surface area contributed by atoms with Gasteiger partial charge >= 0.3 is 0 Å². The Kier molecular flexibility index (Phi) is 3.96. The molecule has 19 heavy (non-hydrogen) atoms. The molecule has 0 aliphatic rings. The Bertz CT molecular complexity index is 593. The maximum Gasteiger partial charge on any atom is 0.163 e. The Morgan fingerprint density at radius 1 is 1.00 bits per heavy atom. The van der Waals surface area contributed by atoms with Crippen molar-refractivity contribution < 1.29 is 8.78 Å². The summed E-state index contributed by atoms with van der Waals surface area (Å²) in [5.41, 5.74) is 3.49. The Hall–Kier alpha value is -1.74. The molecule has 0 aliphatic carbocycles. The molecule has 2 aromatic carbocycles. The van der Waals surface area contributed by atoms with Gasteiger partial charge in [0.05, 0.1) is 6.04 Å². The summed E-state index contributed by atoms with van der Waals surface area (Å²) < 4.78 is 27.3. The van der Waals surface area contributed by atoms with Crippen molar-refractivity contribution >= 4 is 0 Å². The highest BCUT2D eigenvalue weighted by atomic mass is 19.2. The van der Waals surface area contributed by atoms with E-state index < -0.39 is 11.6 Å². The van der Waals surface area contributed by atoms with Crippen LogP contribution in [0.5, 0.6) is 0 Å². The highest BCUT2D eigenvalue weighted by Gasteiger charge is 2.19. The number of nitrogens with one attached hydrogen (secondary N) is 1. The van der Waals surface area contributed by atoms with Crippen LogP contribution in [0.3, 0.4) is 0 Å². The number of benzene rings is 2. The van der Waals surface area contributed by atoms with E-state index in [4.69, 9.17) is 0 Å². The highest BCUT2D eigenvalue weighted by molar-refractivity contribution is 5.39. The standard InChI is InChI=1S/C16H17F2N/c1-10-7-8-12(11(2)9-10)16(19-3)13-5-4-6-14(17)15(13)18/h4-9,16,19H,1-3H3. The number of aryl methyl sites for hydroxylation is 2. The maximum atomic E-state index is 13.9. The topological polar surface area (TPSA) is 12.0 Å². The summed E-state index contributed by atoms with van der Waals surface area (Å²) in [6, 6.07) is 9.89. The summed E-state index contributed by atoms with van der Waals surface area (Å²) in [4.78, 5) is 0. The third-order valence-electron chi connectivity index (χ3n) is 3.32. The van der Waals surface area contributed by atoms with Crippen molar-refractivity contribution in [2.75, 3.05) is 7.05 Å². The third kappa shape index (κ3) is 2.66. The minimum Gasteiger partial charge on any atom is -0.309 e. The van der Waals surface area contributed by atoms with Crippen molar-refractivity contribution in [2.45, 2.75) is 19.9 Å². The van der Waals surface area contributed by atoms with Crippen LogP contribution >= 0.6 is 0 Å². The lowest BCUT2D eigenvalue weighted by Gasteiger charge is -2.20. The van der Waals surface area contributed by atoms with Crippen molar-refractivity contribution in [1.29, 1.82) is 0 Å². The van der Waals surface area contributed by atoms with Gasteiger partial charge in [0.2, 0.25) is 0 Å². The molecule has 1 unspecified atom stereocenters. The molecule has 0 radical (unpaired) electrons. The number of halogens is 2. The van der Waals surface area contributed by atoms with Crippen LogP contribution in [0.15, 0.2) is 36.4 Å². The summed E-state index contributed by atoms with van der Waals surface area (Å²) in [6.07, 6.45) is 0. The van der Waals surface area contributed by atoms with Gasteiger partial charge in [0.15, 0.2) is 11.6 Å². The molecule has 2 rings (SSSR count). The molecule has 100 valence electrons. The first kappa shape index (κ1) is 13.7. The number of hydrogen-bond donors (Lipinski definition) is 1. The van der Waals surface area contributed by atoms with Gasteiger partial charge in [0.25, 0.3) is 0 Å². The largest absolute Gasteiger partial charge is 0.309 e. The van der Waals surface area contributed by atoms with E-state index >= 15 is 0 Å². The fraction of sp³-hybridized carbons (Fsp3) is 0.250. The van der Waals surface area contributed by atoms with Gasteiger partial charge in [-0.15, -0.1) is 0 Å². The van der Waals surface area contributed by atoms with Crippen LogP contribution in [0.4, 0.5) is 8.78 Å². The third-order valence-corrected chi connectivity index (χ3v) is 3.32. The van der Waals surface area contributed by atoms with E-state index in [0.29, 0.717) is 5.56 Å². The van der Waals surface area contributed by atoms with E-state index in [9.17, 15) is 8.78 Å². The van der Waals surface area contributed by atoms with Crippen LogP contribution < -0.4 is 5.32 Å². The fourth-order valence-electron chi connectivity index (χ4n) is 2.37. The highest BCUT2D eigenvalue weighted by Crippen LogP contribution is 2.28. The van der Waals surface area contributed by atoms with Gasteiger partial charge in [-0.3, -0.25) is 0 Å². The van der Waals surface area contributed by atoms with E-state index in [0.717, 1.165) is 22.8 Å². The lowest BCUT2D eigenvalue weighted by Crippen LogP contribution is -2.20. The quantitative estimate of drug-likeness (QED) is 0.883. The van der Waals surface area contributed by atoms with Crippen molar-refractivity contribution in [3.05, 3.63) is 70.3 Å². The van der Waals surface area contributed by atoms with E-state index in [2.05, 4.69) is 5.32 Å². The lowest BCUT2D eigenvalue weighted by molar-refractivity contribution is 0.487. The molecule has 0 bridgehead atoms. The molecule has 1 N–H and O–H groups in total. The van der Waals surface area contributed by atoms with E-state index in [1.807, 2.05) is 32.0 Å². The molecule has 1 atom stereocenters. The molecule has 0 saturated carbocycles. The first-order valence-electron chi connectivity index (χ1n) is 6.23. The van der Waals surface area contributed by atoms with E-state index in [1.54, 1.807) is 13.1 Å². The molecule has 0 heterocycles. The molecule has 0 spiro atoms. The normalized spacial score (nSPS) is 12.5. The summed E-state index contributed by atoms with van der Waals surface area (Å²) in [5.74, 6) is -1.61. The molecular formula is C16H17F2N. The van der Waals surface area contributed by atoms with Crippen molar-refractivity contribution in [2.24, 2.45) is 0 Å². The second-order valence-corrected chi connectivity index (χ2v) is 4.72. The van der Waals surface area contributed by atoms with E-state index in [-0.39, 0.29) is 6.04 Å². The van der Waals surface area contributed by atoms with Crippen LogP contribution in [0.2, 0.25) is 0 Å². The average Bonchev–Trinajstić information content (AvgIpc) is 2.37.